The molecule has 0 spiro atoms. The Bertz CT molecular complexity index is 1920. The molecular weight excluding hydrogens is 587 g/mol. The molecule has 1 unspecified atom stereocenters. The molecule has 0 bridgehead atoms. The maximum Gasteiger partial charge on any atom is 0.257 e. The Hall–Kier alpha value is -5.16. The molecule has 0 saturated heterocycles. The number of para-hydroxylation sites is 1. The first kappa shape index (κ1) is 27.7. The van der Waals surface area contributed by atoms with E-state index in [0.29, 0.717) is 70.8 Å². The minimum absolute atomic E-state index is 0.0297. The van der Waals surface area contributed by atoms with E-state index < -0.39 is 11.7 Å². The quantitative estimate of drug-likeness (QED) is 0.248. The summed E-state index contributed by atoms with van der Waals surface area (Å²) in [6.45, 7) is 2.89. The van der Waals surface area contributed by atoms with Crippen LogP contribution in [-0.4, -0.2) is 51.6 Å². The van der Waals surface area contributed by atoms with Crippen molar-refractivity contribution in [2.45, 2.75) is 19.4 Å². The zero-order valence-corrected chi connectivity index (χ0v) is 24.3. The smallest absolute Gasteiger partial charge is 0.257 e. The van der Waals surface area contributed by atoms with Gasteiger partial charge in [-0.05, 0) is 48.4 Å². The van der Waals surface area contributed by atoms with E-state index in [1.807, 2.05) is 24.3 Å². The monoisotopic (exact) mass is 612 g/mol. The summed E-state index contributed by atoms with van der Waals surface area (Å²) in [6, 6.07) is 15.3. The Labute approximate surface area is 256 Å². The van der Waals surface area contributed by atoms with Crippen LogP contribution in [0.2, 0.25) is 5.02 Å². The van der Waals surface area contributed by atoms with Gasteiger partial charge in [-0.25, -0.2) is 9.07 Å². The van der Waals surface area contributed by atoms with Crippen LogP contribution in [0.1, 0.15) is 35.3 Å². The fourth-order valence-corrected chi connectivity index (χ4v) is 6.02. The number of carbonyl (C=O) groups is 2. The molecule has 2 aliphatic rings. The molecular formula is C32H26ClFN6O4. The number of nitrogens with zero attached hydrogens (tertiary/aromatic N) is 4. The Balaban J connectivity index is 1.14. The first-order chi connectivity index (χ1) is 21.4. The van der Waals surface area contributed by atoms with Crippen molar-refractivity contribution < 1.29 is 23.5 Å². The molecule has 1 atom stereocenters. The molecule has 2 aliphatic heterocycles. The number of hydrogen-bond acceptors (Lipinski definition) is 6. The van der Waals surface area contributed by atoms with Crippen molar-refractivity contribution in [1.82, 2.24) is 20.0 Å². The van der Waals surface area contributed by atoms with Gasteiger partial charge in [0, 0.05) is 53.9 Å². The van der Waals surface area contributed by atoms with E-state index in [1.54, 1.807) is 47.2 Å². The van der Waals surface area contributed by atoms with Gasteiger partial charge < -0.3 is 24.7 Å². The predicted molar refractivity (Wildman–Crippen MR) is 163 cm³/mol. The normalized spacial score (nSPS) is 15.5. The molecule has 2 aromatic heterocycles. The molecule has 0 saturated carbocycles. The van der Waals surface area contributed by atoms with Gasteiger partial charge in [0.1, 0.15) is 24.7 Å². The zero-order valence-electron chi connectivity index (χ0n) is 23.5. The number of aromatic amines is 1. The maximum atomic E-state index is 15.1. The van der Waals surface area contributed by atoms with Crippen LogP contribution in [0.3, 0.4) is 0 Å². The fourth-order valence-electron chi connectivity index (χ4n) is 5.75. The van der Waals surface area contributed by atoms with Gasteiger partial charge >= 0.3 is 0 Å². The number of hydrogen-bond donors (Lipinski definition) is 2. The highest BCUT2D eigenvalue weighted by molar-refractivity contribution is 6.32. The van der Waals surface area contributed by atoms with E-state index in [0.717, 1.165) is 11.3 Å². The Morgan fingerprint density at radius 3 is 2.77 bits per heavy atom. The number of H-pyrrole nitrogens is 1. The van der Waals surface area contributed by atoms with E-state index in [1.165, 1.54) is 18.2 Å². The van der Waals surface area contributed by atoms with Crippen LogP contribution in [0.15, 0.2) is 73.2 Å². The van der Waals surface area contributed by atoms with Crippen molar-refractivity contribution in [3.63, 3.8) is 0 Å². The van der Waals surface area contributed by atoms with Crippen LogP contribution in [0, 0.1) is 5.82 Å². The van der Waals surface area contributed by atoms with Gasteiger partial charge in [-0.3, -0.25) is 9.59 Å². The summed E-state index contributed by atoms with van der Waals surface area (Å²) < 4.78 is 28.1. The largest absolute Gasteiger partial charge is 0.486 e. The van der Waals surface area contributed by atoms with Crippen molar-refractivity contribution >= 4 is 34.8 Å². The van der Waals surface area contributed by atoms with Crippen LogP contribution in [0.5, 0.6) is 11.5 Å². The number of nitrogens with one attached hydrogen (secondary N) is 2. The summed E-state index contributed by atoms with van der Waals surface area (Å²) in [5.74, 6) is 0.0514. The lowest BCUT2D eigenvalue weighted by Crippen LogP contribution is -2.36. The van der Waals surface area contributed by atoms with Gasteiger partial charge in [-0.15, -0.1) is 5.10 Å². The first-order valence-corrected chi connectivity index (χ1v) is 14.4. The molecule has 0 aliphatic carbocycles. The Kier molecular flexibility index (Phi) is 7.01. The maximum absolute atomic E-state index is 15.1. The van der Waals surface area contributed by atoms with Crippen molar-refractivity contribution in [2.24, 2.45) is 0 Å². The highest BCUT2D eigenvalue weighted by atomic mass is 35.5. The van der Waals surface area contributed by atoms with Crippen LogP contribution in [0.25, 0.3) is 22.4 Å². The molecule has 44 heavy (non-hydrogen) atoms. The van der Waals surface area contributed by atoms with Crippen LogP contribution in [-0.2, 0) is 4.79 Å². The lowest BCUT2D eigenvalue weighted by molar-refractivity contribution is -0.116. The molecule has 0 fully saturated rings. The van der Waals surface area contributed by atoms with E-state index in [4.69, 9.17) is 21.1 Å². The number of benzene rings is 3. The second kappa shape index (κ2) is 11.2. The number of amides is 2. The average molecular weight is 613 g/mol. The molecule has 3 aromatic carbocycles. The summed E-state index contributed by atoms with van der Waals surface area (Å²) in [7, 11) is 0. The lowest BCUT2D eigenvalue weighted by atomic mass is 9.96. The average Bonchev–Trinajstić information content (AvgIpc) is 3.72. The predicted octanol–water partition coefficient (Wildman–Crippen LogP) is 6.10. The first-order valence-electron chi connectivity index (χ1n) is 14.0. The molecule has 10 nitrogen and oxygen atoms in total. The van der Waals surface area contributed by atoms with Gasteiger partial charge in [-0.2, -0.15) is 0 Å². The molecule has 0 radical (unpaired) electrons. The van der Waals surface area contributed by atoms with Crippen molar-refractivity contribution in [3.05, 3.63) is 95.2 Å². The van der Waals surface area contributed by atoms with Crippen molar-refractivity contribution in [3.8, 4) is 33.9 Å². The SMILES string of the molecule is CC(=O)N1CCC(n2cc(-c3cc(NC(=O)c4c[nH]cc4-c4cc(Cl)c5c(c4)OCCO5)ccc3F)nn2)c2ccccc21. The van der Waals surface area contributed by atoms with E-state index in [2.05, 4.69) is 20.6 Å². The molecule has 12 heteroatoms. The van der Waals surface area contributed by atoms with Crippen LogP contribution < -0.4 is 19.7 Å². The third-order valence-electron chi connectivity index (χ3n) is 7.82. The molecule has 5 aromatic rings. The number of fused-ring (bicyclic) bond motifs is 2. The second-order valence-electron chi connectivity index (χ2n) is 10.5. The third-order valence-corrected chi connectivity index (χ3v) is 8.10. The highest BCUT2D eigenvalue weighted by Crippen LogP contribution is 2.42. The molecule has 222 valence electrons. The molecule has 2 N–H and O–H groups in total. The number of rotatable bonds is 5. The van der Waals surface area contributed by atoms with Gasteiger partial charge in [0.25, 0.3) is 5.91 Å². The number of anilines is 2. The standard InChI is InChI=1S/C32H26ClFN6O4/c1-18(41)39-9-8-29(21-4-2-3-5-28(21)39)40-17-27(37-38-40)22-14-20(6-7-26(22)34)36-32(42)24-16-35-15-23(24)19-12-25(33)31-30(13-19)43-10-11-44-31/h2-7,12-17,29,35H,8-11H2,1H3,(H,36,42). The van der Waals surface area contributed by atoms with Gasteiger partial charge in [0.2, 0.25) is 5.91 Å². The van der Waals surface area contributed by atoms with Gasteiger partial charge in [0.05, 0.1) is 22.8 Å². The van der Waals surface area contributed by atoms with E-state index in [9.17, 15) is 9.59 Å². The topological polar surface area (TPSA) is 114 Å². The third kappa shape index (κ3) is 4.94. The zero-order chi connectivity index (χ0) is 30.4. The van der Waals surface area contributed by atoms with Crippen LogP contribution in [0.4, 0.5) is 15.8 Å². The summed E-state index contributed by atoms with van der Waals surface area (Å²) in [6.07, 6.45) is 5.60. The summed E-state index contributed by atoms with van der Waals surface area (Å²) >= 11 is 6.43. The summed E-state index contributed by atoms with van der Waals surface area (Å²) in [4.78, 5) is 30.3. The minimum atomic E-state index is -0.505. The van der Waals surface area contributed by atoms with Gasteiger partial charge in [0.15, 0.2) is 11.5 Å². The van der Waals surface area contributed by atoms with Gasteiger partial charge in [-0.1, -0.05) is 35.0 Å². The van der Waals surface area contributed by atoms with Crippen molar-refractivity contribution in [2.75, 3.05) is 30.0 Å². The number of halogens is 2. The van der Waals surface area contributed by atoms with E-state index in [-0.39, 0.29) is 17.5 Å². The lowest BCUT2D eigenvalue weighted by Gasteiger charge is -2.33. The highest BCUT2D eigenvalue weighted by Gasteiger charge is 2.29. The molecule has 4 heterocycles. The summed E-state index contributed by atoms with van der Waals surface area (Å²) in [5, 5.41) is 11.8. The number of ether oxygens (including phenoxy) is 2. The molecule has 2 amide bonds. The van der Waals surface area contributed by atoms with Crippen molar-refractivity contribution in [1.29, 1.82) is 0 Å². The fraction of sp³-hybridized carbons (Fsp3) is 0.188. The number of carbonyl (C=O) groups excluding carboxylic acids is 2. The Morgan fingerprint density at radius 1 is 1.07 bits per heavy atom. The number of aromatic nitrogens is 4. The summed E-state index contributed by atoms with van der Waals surface area (Å²) in [5.41, 5.74) is 4.31. The van der Waals surface area contributed by atoms with E-state index >= 15 is 4.39 Å². The second-order valence-corrected chi connectivity index (χ2v) is 10.9. The Morgan fingerprint density at radius 2 is 1.91 bits per heavy atom. The van der Waals surface area contributed by atoms with Crippen LogP contribution >= 0.6 is 11.6 Å². The minimum Gasteiger partial charge on any atom is -0.486 e. The molecule has 7 rings (SSSR count).